The van der Waals surface area contributed by atoms with Gasteiger partial charge in [-0.25, -0.2) is 9.78 Å². The largest absolute Gasteiger partial charge is 0.479 e. The van der Waals surface area contributed by atoms with Crippen LogP contribution in [0.3, 0.4) is 0 Å². The first kappa shape index (κ1) is 24.4. The highest BCUT2D eigenvalue weighted by atomic mass is 19.4. The normalized spacial score (nSPS) is 18.5. The summed E-state index contributed by atoms with van der Waals surface area (Å²) in [5, 5.41) is 10.0. The lowest BCUT2D eigenvalue weighted by Crippen LogP contribution is -2.52. The summed E-state index contributed by atoms with van der Waals surface area (Å²) in [6.45, 7) is 3.25. The molecule has 0 aromatic carbocycles. The Kier molecular flexibility index (Phi) is 6.34. The van der Waals surface area contributed by atoms with E-state index >= 15 is 0 Å². The number of amides is 2. The van der Waals surface area contributed by atoms with Crippen molar-refractivity contribution >= 4 is 28.4 Å². The molecule has 13 heteroatoms. The summed E-state index contributed by atoms with van der Waals surface area (Å²) in [6.07, 6.45) is -1.58. The van der Waals surface area contributed by atoms with E-state index < -0.39 is 29.0 Å². The van der Waals surface area contributed by atoms with Crippen LogP contribution in [0.15, 0.2) is 29.3 Å². The molecule has 10 nitrogen and oxygen atoms in total. The summed E-state index contributed by atoms with van der Waals surface area (Å²) in [7, 11) is 4.32. The second-order valence-corrected chi connectivity index (χ2v) is 8.70. The second kappa shape index (κ2) is 9.12. The molecular weight excluding hydrogens is 467 g/mol. The van der Waals surface area contributed by atoms with Gasteiger partial charge in [0.2, 0.25) is 5.88 Å². The Hall–Kier alpha value is -3.77. The van der Waals surface area contributed by atoms with Crippen LogP contribution in [0, 0.1) is 5.92 Å². The zero-order valence-corrected chi connectivity index (χ0v) is 19.7. The van der Waals surface area contributed by atoms with Crippen LogP contribution in [0.5, 0.6) is 5.88 Å². The number of ether oxygens (including phenoxy) is 1. The lowest BCUT2D eigenvalue weighted by molar-refractivity contribution is -0.138. The number of methoxy groups -OCH3 is 1. The summed E-state index contributed by atoms with van der Waals surface area (Å²) in [6, 6.07) is 1.78. The minimum atomic E-state index is -4.64. The zero-order valence-electron chi connectivity index (χ0n) is 19.7. The van der Waals surface area contributed by atoms with Crippen molar-refractivity contribution in [3.8, 4) is 5.88 Å². The molecule has 0 unspecified atom stereocenters. The van der Waals surface area contributed by atoms with Gasteiger partial charge in [-0.15, -0.1) is 5.10 Å². The number of fused-ring (bicyclic) bond motifs is 1. The summed E-state index contributed by atoms with van der Waals surface area (Å²) in [5.74, 6) is 0.486. The number of carbonyl (C=O) groups excluding carboxylic acids is 1. The number of rotatable bonds is 4. The molecule has 1 saturated heterocycles. The highest BCUT2D eigenvalue weighted by Gasteiger charge is 2.34. The Morgan fingerprint density at radius 1 is 1.34 bits per heavy atom. The van der Waals surface area contributed by atoms with Crippen LogP contribution in [-0.4, -0.2) is 64.0 Å². The van der Waals surface area contributed by atoms with Crippen LogP contribution in [0.4, 0.5) is 29.3 Å². The van der Waals surface area contributed by atoms with Crippen molar-refractivity contribution in [3.05, 3.63) is 40.4 Å². The van der Waals surface area contributed by atoms with Crippen molar-refractivity contribution < 1.29 is 22.7 Å². The predicted molar refractivity (Wildman–Crippen MR) is 124 cm³/mol. The highest BCUT2D eigenvalue weighted by molar-refractivity contribution is 5.89. The lowest BCUT2D eigenvalue weighted by atomic mass is 9.92. The number of hydrogen-bond acceptors (Lipinski definition) is 6. The molecule has 2 atom stereocenters. The minimum absolute atomic E-state index is 0.0331. The van der Waals surface area contributed by atoms with Crippen molar-refractivity contribution in [3.63, 3.8) is 0 Å². The van der Waals surface area contributed by atoms with Crippen molar-refractivity contribution in [2.45, 2.75) is 25.6 Å². The Morgan fingerprint density at radius 3 is 2.74 bits per heavy atom. The molecule has 3 aromatic heterocycles. The van der Waals surface area contributed by atoms with Crippen LogP contribution < -0.4 is 20.5 Å². The van der Waals surface area contributed by atoms with Crippen molar-refractivity contribution in [2.24, 2.45) is 13.0 Å². The molecule has 4 heterocycles. The maximum absolute atomic E-state index is 13.1. The Labute approximate surface area is 198 Å². The van der Waals surface area contributed by atoms with Gasteiger partial charge in [-0.3, -0.25) is 9.89 Å². The molecule has 0 aliphatic carbocycles. The summed E-state index contributed by atoms with van der Waals surface area (Å²) >= 11 is 0. The minimum Gasteiger partial charge on any atom is -0.479 e. The van der Waals surface area contributed by atoms with Gasteiger partial charge in [0.25, 0.3) is 5.56 Å². The van der Waals surface area contributed by atoms with Gasteiger partial charge in [-0.2, -0.15) is 13.2 Å². The van der Waals surface area contributed by atoms with Crippen LogP contribution in [-0.2, 0) is 13.2 Å². The molecule has 2 amide bonds. The van der Waals surface area contributed by atoms with Crippen molar-refractivity contribution in [1.29, 1.82) is 0 Å². The Bertz CT molecular complexity index is 1300. The van der Waals surface area contributed by atoms with E-state index in [1.165, 1.54) is 19.1 Å². The number of pyridine rings is 2. The van der Waals surface area contributed by atoms with Gasteiger partial charge in [-0.05, 0) is 24.5 Å². The molecule has 4 rings (SSSR count). The zero-order chi connectivity index (χ0) is 25.5. The highest BCUT2D eigenvalue weighted by Crippen LogP contribution is 2.31. The van der Waals surface area contributed by atoms with E-state index in [-0.39, 0.29) is 12.0 Å². The molecule has 1 aliphatic heterocycles. The fraction of sp³-hybridized carbons (Fsp3) is 0.455. The number of alkyl halides is 3. The topological polar surface area (TPSA) is 108 Å². The first-order valence-corrected chi connectivity index (χ1v) is 10.9. The molecule has 0 bridgehead atoms. The van der Waals surface area contributed by atoms with E-state index in [9.17, 15) is 22.8 Å². The molecule has 0 radical (unpaired) electrons. The van der Waals surface area contributed by atoms with E-state index in [1.807, 2.05) is 13.0 Å². The maximum atomic E-state index is 13.1. The molecule has 2 N–H and O–H groups in total. The molecule has 1 fully saturated rings. The van der Waals surface area contributed by atoms with E-state index in [1.54, 1.807) is 13.2 Å². The average molecular weight is 493 g/mol. The quantitative estimate of drug-likeness (QED) is 0.579. The smallest absolute Gasteiger partial charge is 0.417 e. The number of urea groups is 1. The second-order valence-electron chi connectivity index (χ2n) is 8.70. The first-order chi connectivity index (χ1) is 16.5. The summed E-state index contributed by atoms with van der Waals surface area (Å²) in [4.78, 5) is 33.1. The molecular formula is C22H26F3N7O3. The number of nitrogens with one attached hydrogen (secondary N) is 2. The third kappa shape index (κ3) is 4.75. The number of hydrogen-bond donors (Lipinski definition) is 2. The number of carbonyl (C=O) groups is 1. The van der Waals surface area contributed by atoms with Gasteiger partial charge in [0, 0.05) is 39.4 Å². The summed E-state index contributed by atoms with van der Waals surface area (Å²) < 4.78 is 45.5. The van der Waals surface area contributed by atoms with Gasteiger partial charge in [0.15, 0.2) is 5.65 Å². The standard InChI is InChI=1S/C22H26F3N7O3/c1-12-10-32(14-8-15-18(26-9-14)28-29-19(15)35-4)6-5-17(12)31(3)21(34)27-16-7-13(22(23,24)25)11-30(2)20(16)33/h7-9,11-12,17H,5-6,10H2,1-4H3,(H,27,34)(H,26,28,29)/t12-,17+/m1/s1. The van der Waals surface area contributed by atoms with Gasteiger partial charge in [-0.1, -0.05) is 6.92 Å². The van der Waals surface area contributed by atoms with Crippen LogP contribution in [0.2, 0.25) is 0 Å². The third-order valence-electron chi connectivity index (χ3n) is 6.36. The number of anilines is 2. The van der Waals surface area contributed by atoms with Crippen LogP contribution in [0.1, 0.15) is 18.9 Å². The monoisotopic (exact) mass is 493 g/mol. The number of aryl methyl sites for hydroxylation is 1. The number of aromatic nitrogens is 4. The fourth-order valence-electron chi connectivity index (χ4n) is 4.45. The number of H-pyrrole nitrogens is 1. The molecule has 3 aromatic rings. The maximum Gasteiger partial charge on any atom is 0.417 e. The number of aromatic amines is 1. The molecule has 0 saturated carbocycles. The molecule has 1 aliphatic rings. The van der Waals surface area contributed by atoms with E-state index in [0.717, 1.165) is 15.6 Å². The molecule has 0 spiro atoms. The van der Waals surface area contributed by atoms with Gasteiger partial charge in [0.05, 0.1) is 29.9 Å². The first-order valence-electron chi connectivity index (χ1n) is 10.9. The number of halogens is 3. The molecule has 35 heavy (non-hydrogen) atoms. The number of piperidine rings is 1. The fourth-order valence-corrected chi connectivity index (χ4v) is 4.45. The Morgan fingerprint density at radius 2 is 2.09 bits per heavy atom. The van der Waals surface area contributed by atoms with E-state index in [2.05, 4.69) is 25.4 Å². The van der Waals surface area contributed by atoms with Gasteiger partial charge >= 0.3 is 12.2 Å². The van der Waals surface area contributed by atoms with Crippen LogP contribution in [0.25, 0.3) is 11.0 Å². The van der Waals surface area contributed by atoms with Crippen molar-refractivity contribution in [2.75, 3.05) is 37.5 Å². The Balaban J connectivity index is 1.46. The van der Waals surface area contributed by atoms with Crippen molar-refractivity contribution in [1.82, 2.24) is 24.6 Å². The number of nitrogens with zero attached hydrogens (tertiary/aromatic N) is 5. The van der Waals surface area contributed by atoms with Crippen LogP contribution >= 0.6 is 0 Å². The molecule has 188 valence electrons. The van der Waals surface area contributed by atoms with Gasteiger partial charge < -0.3 is 24.4 Å². The van der Waals surface area contributed by atoms with Gasteiger partial charge in [0.1, 0.15) is 5.69 Å². The third-order valence-corrected chi connectivity index (χ3v) is 6.36. The lowest BCUT2D eigenvalue weighted by Gasteiger charge is -2.42. The van der Waals surface area contributed by atoms with E-state index in [4.69, 9.17) is 4.74 Å². The van der Waals surface area contributed by atoms with E-state index in [0.29, 0.717) is 43.3 Å². The SMILES string of the molecule is COc1n[nH]c2ncc(N3CC[C@H](N(C)C(=O)Nc4cc(C(F)(F)F)cn(C)c4=O)[C@H](C)C3)cc12. The predicted octanol–water partition coefficient (Wildman–Crippen LogP) is 3.06. The average Bonchev–Trinajstić information content (AvgIpc) is 3.23. The summed E-state index contributed by atoms with van der Waals surface area (Å²) in [5.41, 5.74) is -0.648.